The van der Waals surface area contributed by atoms with E-state index in [-0.39, 0.29) is 0 Å². The van der Waals surface area contributed by atoms with Gasteiger partial charge in [-0.05, 0) is 19.0 Å². The standard InChI is InChI=1S/C7H13N3/c1-3-8-5-7-6(2)4-9-10-7/h4,8H,3,5H2,1-2H3,(H,9,10). The van der Waals surface area contributed by atoms with Gasteiger partial charge in [0.05, 0.1) is 11.9 Å². The van der Waals surface area contributed by atoms with E-state index >= 15 is 0 Å². The summed E-state index contributed by atoms with van der Waals surface area (Å²) in [5.74, 6) is 0. The van der Waals surface area contributed by atoms with Gasteiger partial charge in [-0.15, -0.1) is 0 Å². The van der Waals surface area contributed by atoms with E-state index in [0.717, 1.165) is 13.1 Å². The topological polar surface area (TPSA) is 40.7 Å². The minimum absolute atomic E-state index is 0.891. The average Bonchev–Trinajstić information content (AvgIpc) is 2.31. The fourth-order valence-corrected chi connectivity index (χ4v) is 0.802. The van der Waals surface area contributed by atoms with Crippen molar-refractivity contribution < 1.29 is 0 Å². The van der Waals surface area contributed by atoms with E-state index in [0.29, 0.717) is 0 Å². The lowest BCUT2D eigenvalue weighted by atomic mass is 10.3. The summed E-state index contributed by atoms with van der Waals surface area (Å²) in [5.41, 5.74) is 2.41. The number of aryl methyl sites for hydroxylation is 1. The molecule has 0 fully saturated rings. The molecule has 0 radical (unpaired) electrons. The first-order chi connectivity index (χ1) is 4.84. The Kier molecular flexibility index (Phi) is 2.45. The Labute approximate surface area is 60.8 Å². The number of H-pyrrole nitrogens is 1. The number of hydrogen-bond acceptors (Lipinski definition) is 2. The highest BCUT2D eigenvalue weighted by atomic mass is 15.1. The van der Waals surface area contributed by atoms with Crippen LogP contribution in [0.25, 0.3) is 0 Å². The molecule has 10 heavy (non-hydrogen) atoms. The lowest BCUT2D eigenvalue weighted by Gasteiger charge is -1.97. The van der Waals surface area contributed by atoms with Gasteiger partial charge in [0.15, 0.2) is 0 Å². The van der Waals surface area contributed by atoms with E-state index in [4.69, 9.17) is 0 Å². The van der Waals surface area contributed by atoms with Crippen LogP contribution in [-0.4, -0.2) is 16.7 Å². The molecule has 1 heterocycles. The zero-order valence-corrected chi connectivity index (χ0v) is 6.44. The molecule has 0 saturated heterocycles. The minimum atomic E-state index is 0.891. The fraction of sp³-hybridized carbons (Fsp3) is 0.571. The molecule has 3 nitrogen and oxygen atoms in total. The molecule has 3 heteroatoms. The SMILES string of the molecule is CCNCc1[nH]ncc1C. The van der Waals surface area contributed by atoms with Gasteiger partial charge in [-0.3, -0.25) is 5.10 Å². The van der Waals surface area contributed by atoms with E-state index in [1.807, 2.05) is 6.20 Å². The van der Waals surface area contributed by atoms with Gasteiger partial charge in [0.1, 0.15) is 0 Å². The van der Waals surface area contributed by atoms with Crippen molar-refractivity contribution in [2.24, 2.45) is 0 Å². The van der Waals surface area contributed by atoms with Crippen LogP contribution in [0.15, 0.2) is 6.20 Å². The number of hydrogen-bond donors (Lipinski definition) is 2. The smallest absolute Gasteiger partial charge is 0.0519 e. The summed E-state index contributed by atoms with van der Waals surface area (Å²) >= 11 is 0. The van der Waals surface area contributed by atoms with Crippen molar-refractivity contribution in [3.05, 3.63) is 17.5 Å². The predicted octanol–water partition coefficient (Wildman–Crippen LogP) is 0.828. The van der Waals surface area contributed by atoms with Crippen molar-refractivity contribution in [2.45, 2.75) is 20.4 Å². The lowest BCUT2D eigenvalue weighted by Crippen LogP contribution is -2.12. The highest BCUT2D eigenvalue weighted by molar-refractivity contribution is 5.12. The summed E-state index contributed by atoms with van der Waals surface area (Å²) in [6, 6.07) is 0. The summed E-state index contributed by atoms with van der Waals surface area (Å²) < 4.78 is 0. The van der Waals surface area contributed by atoms with Crippen LogP contribution < -0.4 is 5.32 Å². The molecule has 0 saturated carbocycles. The minimum Gasteiger partial charge on any atom is -0.311 e. The highest BCUT2D eigenvalue weighted by Crippen LogP contribution is 1.99. The molecule has 1 rings (SSSR count). The van der Waals surface area contributed by atoms with Crippen LogP contribution in [0, 0.1) is 6.92 Å². The zero-order valence-electron chi connectivity index (χ0n) is 6.44. The van der Waals surface area contributed by atoms with Crippen LogP contribution in [0.1, 0.15) is 18.2 Å². The Morgan fingerprint density at radius 3 is 3.00 bits per heavy atom. The third kappa shape index (κ3) is 1.57. The van der Waals surface area contributed by atoms with Crippen LogP contribution in [0.4, 0.5) is 0 Å². The molecule has 0 spiro atoms. The molecule has 1 aromatic heterocycles. The molecular formula is C7H13N3. The summed E-state index contributed by atoms with van der Waals surface area (Å²) in [4.78, 5) is 0. The first-order valence-electron chi connectivity index (χ1n) is 3.54. The number of aromatic amines is 1. The second-order valence-corrected chi connectivity index (χ2v) is 2.31. The largest absolute Gasteiger partial charge is 0.311 e. The maximum absolute atomic E-state index is 3.91. The Bertz CT molecular complexity index is 192. The molecule has 56 valence electrons. The number of aromatic nitrogens is 2. The van der Waals surface area contributed by atoms with Gasteiger partial charge in [-0.2, -0.15) is 5.10 Å². The van der Waals surface area contributed by atoms with E-state index in [1.165, 1.54) is 11.3 Å². The molecule has 0 aliphatic carbocycles. The van der Waals surface area contributed by atoms with E-state index < -0.39 is 0 Å². The molecule has 0 aliphatic heterocycles. The van der Waals surface area contributed by atoms with Gasteiger partial charge in [-0.1, -0.05) is 6.92 Å². The van der Waals surface area contributed by atoms with Crippen LogP contribution in [0.2, 0.25) is 0 Å². The van der Waals surface area contributed by atoms with Crippen LogP contribution in [-0.2, 0) is 6.54 Å². The molecule has 0 bridgehead atoms. The molecular weight excluding hydrogens is 126 g/mol. The van der Waals surface area contributed by atoms with Gasteiger partial charge >= 0.3 is 0 Å². The Morgan fingerprint density at radius 1 is 1.70 bits per heavy atom. The first kappa shape index (κ1) is 7.28. The van der Waals surface area contributed by atoms with E-state index in [1.54, 1.807) is 0 Å². The summed E-state index contributed by atoms with van der Waals surface area (Å²) in [6.07, 6.45) is 1.84. The Balaban J connectivity index is 2.49. The fourth-order valence-electron chi connectivity index (χ4n) is 0.802. The van der Waals surface area contributed by atoms with Gasteiger partial charge in [0.2, 0.25) is 0 Å². The molecule has 1 aromatic rings. The molecule has 0 aliphatic rings. The van der Waals surface area contributed by atoms with E-state index in [9.17, 15) is 0 Å². The van der Waals surface area contributed by atoms with Crippen molar-refractivity contribution in [1.29, 1.82) is 0 Å². The maximum atomic E-state index is 3.91. The van der Waals surface area contributed by atoms with E-state index in [2.05, 4.69) is 29.4 Å². The van der Waals surface area contributed by atoms with Gasteiger partial charge in [0, 0.05) is 6.54 Å². The lowest BCUT2D eigenvalue weighted by molar-refractivity contribution is 0.705. The Morgan fingerprint density at radius 2 is 2.50 bits per heavy atom. The van der Waals surface area contributed by atoms with Crippen molar-refractivity contribution in [3.8, 4) is 0 Å². The third-order valence-corrected chi connectivity index (χ3v) is 1.49. The second kappa shape index (κ2) is 3.37. The normalized spacial score (nSPS) is 10.2. The Hall–Kier alpha value is -0.830. The van der Waals surface area contributed by atoms with Crippen molar-refractivity contribution in [2.75, 3.05) is 6.54 Å². The molecule has 2 N–H and O–H groups in total. The predicted molar refractivity (Wildman–Crippen MR) is 40.7 cm³/mol. The monoisotopic (exact) mass is 139 g/mol. The molecule has 0 unspecified atom stereocenters. The zero-order chi connectivity index (χ0) is 7.40. The quantitative estimate of drug-likeness (QED) is 0.651. The summed E-state index contributed by atoms with van der Waals surface area (Å²) in [7, 11) is 0. The maximum Gasteiger partial charge on any atom is 0.0519 e. The van der Waals surface area contributed by atoms with Gasteiger partial charge < -0.3 is 5.32 Å². The van der Waals surface area contributed by atoms with Crippen molar-refractivity contribution in [3.63, 3.8) is 0 Å². The molecule has 0 aromatic carbocycles. The van der Waals surface area contributed by atoms with Crippen molar-refractivity contribution >= 4 is 0 Å². The van der Waals surface area contributed by atoms with Gasteiger partial charge in [-0.25, -0.2) is 0 Å². The molecule has 0 amide bonds. The number of rotatable bonds is 3. The van der Waals surface area contributed by atoms with Crippen molar-refractivity contribution in [1.82, 2.24) is 15.5 Å². The summed E-state index contributed by atoms with van der Waals surface area (Å²) in [6.45, 7) is 6.03. The van der Waals surface area contributed by atoms with Crippen LogP contribution >= 0.6 is 0 Å². The third-order valence-electron chi connectivity index (χ3n) is 1.49. The molecule has 0 atom stereocenters. The first-order valence-corrected chi connectivity index (χ1v) is 3.54. The number of nitrogens with one attached hydrogen (secondary N) is 2. The number of nitrogens with zero attached hydrogens (tertiary/aromatic N) is 1. The average molecular weight is 139 g/mol. The second-order valence-electron chi connectivity index (χ2n) is 2.31. The van der Waals surface area contributed by atoms with Crippen LogP contribution in [0.3, 0.4) is 0 Å². The summed E-state index contributed by atoms with van der Waals surface area (Å²) in [5, 5.41) is 10.1. The van der Waals surface area contributed by atoms with Gasteiger partial charge in [0.25, 0.3) is 0 Å². The highest BCUT2D eigenvalue weighted by Gasteiger charge is 1.96. The van der Waals surface area contributed by atoms with Crippen LogP contribution in [0.5, 0.6) is 0 Å².